The molecule has 0 saturated carbocycles. The second-order valence-corrected chi connectivity index (χ2v) is 8.26. The van der Waals surface area contributed by atoms with Crippen molar-refractivity contribution in [3.05, 3.63) is 63.1 Å². The molecule has 29 heavy (non-hydrogen) atoms. The normalized spacial score (nSPS) is 16.8. The maximum Gasteiger partial charge on any atom is 0.259 e. The van der Waals surface area contributed by atoms with E-state index in [0.29, 0.717) is 24.5 Å². The van der Waals surface area contributed by atoms with Crippen LogP contribution in [0.25, 0.3) is 0 Å². The molecule has 5 heteroatoms. The van der Waals surface area contributed by atoms with Gasteiger partial charge in [0.25, 0.3) is 11.5 Å². The molecule has 1 aromatic heterocycles. The molecule has 154 valence electrons. The average molecular weight is 395 g/mol. The van der Waals surface area contributed by atoms with Gasteiger partial charge in [-0.05, 0) is 51.0 Å². The lowest BCUT2D eigenvalue weighted by molar-refractivity contribution is 0.0716. The molecule has 0 N–H and O–H groups in total. The Morgan fingerprint density at radius 3 is 2.55 bits per heavy atom. The number of ether oxygens (including phenoxy) is 1. The zero-order valence-corrected chi connectivity index (χ0v) is 17.3. The fraction of sp³-hybridized carbons (Fsp3) is 0.500. The van der Waals surface area contributed by atoms with E-state index in [9.17, 15) is 9.59 Å². The number of carbonyl (C=O) groups excluding carboxylic acids is 1. The summed E-state index contributed by atoms with van der Waals surface area (Å²) in [7, 11) is 0. The van der Waals surface area contributed by atoms with E-state index in [4.69, 9.17) is 4.74 Å². The van der Waals surface area contributed by atoms with Crippen LogP contribution in [0.2, 0.25) is 0 Å². The number of hydrogen-bond donors (Lipinski definition) is 0. The Labute approximate surface area is 172 Å². The van der Waals surface area contributed by atoms with Crippen LogP contribution in [0.4, 0.5) is 0 Å². The molecule has 0 atom stereocenters. The molecule has 0 bridgehead atoms. The third-order valence-electron chi connectivity index (χ3n) is 6.01. The molecule has 5 nitrogen and oxygen atoms in total. The number of benzene rings is 1. The molecular formula is C24H30N2O3. The van der Waals surface area contributed by atoms with E-state index in [1.54, 1.807) is 0 Å². The van der Waals surface area contributed by atoms with Crippen molar-refractivity contribution in [2.24, 2.45) is 0 Å². The quantitative estimate of drug-likeness (QED) is 0.785. The third-order valence-corrected chi connectivity index (χ3v) is 6.01. The first-order valence-corrected chi connectivity index (χ1v) is 10.9. The fourth-order valence-corrected chi connectivity index (χ4v) is 4.48. The van der Waals surface area contributed by atoms with Crippen molar-refractivity contribution in [3.8, 4) is 5.75 Å². The van der Waals surface area contributed by atoms with Crippen LogP contribution >= 0.6 is 0 Å². The van der Waals surface area contributed by atoms with Crippen LogP contribution in [-0.4, -0.2) is 28.5 Å². The molecule has 2 aromatic rings. The number of rotatable bonds is 4. The van der Waals surface area contributed by atoms with E-state index in [1.165, 1.54) is 12.5 Å². The summed E-state index contributed by atoms with van der Waals surface area (Å²) in [6, 6.07) is 9.66. The van der Waals surface area contributed by atoms with Crippen LogP contribution in [0.3, 0.4) is 0 Å². The number of amides is 1. The number of likely N-dealkylation sites (tertiary alicyclic amines) is 1. The molecule has 1 aromatic carbocycles. The predicted octanol–water partition coefficient (Wildman–Crippen LogP) is 4.09. The molecule has 2 aliphatic heterocycles. The molecule has 1 saturated heterocycles. The molecule has 1 amide bonds. The highest BCUT2D eigenvalue weighted by Gasteiger charge is 2.28. The fourth-order valence-electron chi connectivity index (χ4n) is 4.48. The molecule has 0 spiro atoms. The number of fused-ring (bicyclic) bond motifs is 1. The van der Waals surface area contributed by atoms with Gasteiger partial charge in [-0.3, -0.25) is 9.59 Å². The van der Waals surface area contributed by atoms with Crippen LogP contribution < -0.4 is 10.3 Å². The largest absolute Gasteiger partial charge is 0.488 e. The molecule has 4 rings (SSSR count). The van der Waals surface area contributed by atoms with Crippen LogP contribution in [0.15, 0.2) is 35.1 Å². The second kappa shape index (κ2) is 8.85. The molecular weight excluding hydrogens is 364 g/mol. The number of hydrogen-bond acceptors (Lipinski definition) is 3. The van der Waals surface area contributed by atoms with Gasteiger partial charge in [0.2, 0.25) is 0 Å². The van der Waals surface area contributed by atoms with Crippen molar-refractivity contribution in [2.45, 2.75) is 65.0 Å². The summed E-state index contributed by atoms with van der Waals surface area (Å²) in [4.78, 5) is 28.3. The van der Waals surface area contributed by atoms with E-state index < -0.39 is 0 Å². The Bertz CT molecular complexity index is 942. The number of piperidine rings is 1. The molecule has 0 unspecified atom stereocenters. The summed E-state index contributed by atoms with van der Waals surface area (Å²) < 4.78 is 7.93. The average Bonchev–Trinajstić information content (AvgIpc) is 2.99. The molecule has 0 aliphatic carbocycles. The number of pyridine rings is 1. The van der Waals surface area contributed by atoms with Crippen molar-refractivity contribution in [1.82, 2.24) is 9.47 Å². The monoisotopic (exact) mass is 394 g/mol. The molecule has 1 fully saturated rings. The summed E-state index contributed by atoms with van der Waals surface area (Å²) in [5.41, 5.74) is 3.62. The molecule has 2 aliphatic rings. The van der Waals surface area contributed by atoms with Gasteiger partial charge in [0.05, 0.1) is 0 Å². The topological polar surface area (TPSA) is 51.5 Å². The second-order valence-electron chi connectivity index (χ2n) is 8.26. The highest BCUT2D eigenvalue weighted by molar-refractivity contribution is 5.98. The lowest BCUT2D eigenvalue weighted by Crippen LogP contribution is -2.38. The van der Waals surface area contributed by atoms with Gasteiger partial charge < -0.3 is 14.2 Å². The summed E-state index contributed by atoms with van der Waals surface area (Å²) >= 11 is 0. The van der Waals surface area contributed by atoms with E-state index in [2.05, 4.69) is 6.07 Å². The van der Waals surface area contributed by atoms with Gasteiger partial charge in [-0.25, -0.2) is 0 Å². The van der Waals surface area contributed by atoms with Crippen LogP contribution in [-0.2, 0) is 19.6 Å². The SMILES string of the molecule is Cc1cccc(COc2cc(=O)n3c(c2C(=O)N2CCCCC2)CCCCC3)c1. The first kappa shape index (κ1) is 19.7. The zero-order valence-electron chi connectivity index (χ0n) is 17.3. The Balaban J connectivity index is 1.72. The number of nitrogens with zero attached hydrogens (tertiary/aromatic N) is 2. The van der Waals surface area contributed by atoms with Gasteiger partial charge in [-0.2, -0.15) is 0 Å². The lowest BCUT2D eigenvalue weighted by atomic mass is 10.0. The van der Waals surface area contributed by atoms with Gasteiger partial charge in [0.15, 0.2) is 0 Å². The summed E-state index contributed by atoms with van der Waals surface area (Å²) in [5.74, 6) is 0.467. The maximum atomic E-state index is 13.5. The first-order valence-electron chi connectivity index (χ1n) is 10.9. The Hall–Kier alpha value is -2.56. The minimum atomic E-state index is -0.0589. The van der Waals surface area contributed by atoms with Gasteiger partial charge in [-0.1, -0.05) is 36.2 Å². The summed E-state index contributed by atoms with van der Waals surface area (Å²) in [5, 5.41) is 0. The van der Waals surface area contributed by atoms with Crippen molar-refractivity contribution in [2.75, 3.05) is 13.1 Å². The highest BCUT2D eigenvalue weighted by Crippen LogP contribution is 2.28. The van der Waals surface area contributed by atoms with Crippen molar-refractivity contribution in [3.63, 3.8) is 0 Å². The van der Waals surface area contributed by atoms with E-state index in [-0.39, 0.29) is 11.5 Å². The zero-order chi connectivity index (χ0) is 20.2. The molecule has 0 radical (unpaired) electrons. The van der Waals surface area contributed by atoms with E-state index >= 15 is 0 Å². The number of aryl methyl sites for hydroxylation is 1. The Kier molecular flexibility index (Phi) is 6.02. The van der Waals surface area contributed by atoms with Crippen molar-refractivity contribution >= 4 is 5.91 Å². The first-order chi connectivity index (χ1) is 14.1. The van der Waals surface area contributed by atoms with Gasteiger partial charge in [-0.15, -0.1) is 0 Å². The summed E-state index contributed by atoms with van der Waals surface area (Å²) in [6.45, 7) is 4.66. The van der Waals surface area contributed by atoms with Crippen LogP contribution in [0, 0.1) is 6.92 Å². The summed E-state index contributed by atoms with van der Waals surface area (Å²) in [6.07, 6.45) is 7.08. The van der Waals surface area contributed by atoms with E-state index in [0.717, 1.165) is 68.4 Å². The smallest absolute Gasteiger partial charge is 0.259 e. The van der Waals surface area contributed by atoms with Gasteiger partial charge >= 0.3 is 0 Å². The highest BCUT2D eigenvalue weighted by atomic mass is 16.5. The standard InChI is InChI=1S/C24H30N2O3/c1-18-9-8-10-19(15-18)17-29-21-16-22(27)26-14-7-2-4-11-20(26)23(21)24(28)25-12-5-3-6-13-25/h8-10,15-16H,2-7,11-14,17H2,1H3. The molecule has 3 heterocycles. The van der Waals surface area contributed by atoms with Crippen molar-refractivity contribution < 1.29 is 9.53 Å². The van der Waals surface area contributed by atoms with Crippen molar-refractivity contribution in [1.29, 1.82) is 0 Å². The van der Waals surface area contributed by atoms with Crippen LogP contribution in [0.1, 0.15) is 65.7 Å². The van der Waals surface area contributed by atoms with Crippen LogP contribution in [0.5, 0.6) is 5.75 Å². The Morgan fingerprint density at radius 1 is 1.00 bits per heavy atom. The van der Waals surface area contributed by atoms with Gasteiger partial charge in [0.1, 0.15) is 17.9 Å². The number of aromatic nitrogens is 1. The predicted molar refractivity (Wildman–Crippen MR) is 114 cm³/mol. The third kappa shape index (κ3) is 4.39. The minimum Gasteiger partial charge on any atom is -0.488 e. The maximum absolute atomic E-state index is 13.5. The van der Waals surface area contributed by atoms with Gasteiger partial charge in [0, 0.05) is 31.4 Å². The van der Waals surface area contributed by atoms with E-state index in [1.807, 2.05) is 34.6 Å². The Morgan fingerprint density at radius 2 is 1.76 bits per heavy atom. The number of carbonyl (C=O) groups is 1. The lowest BCUT2D eigenvalue weighted by Gasteiger charge is -2.29. The minimum absolute atomic E-state index is 0.0228.